The zero-order chi connectivity index (χ0) is 12.9. The summed E-state index contributed by atoms with van der Waals surface area (Å²) in [6, 6.07) is 3.18. The summed E-state index contributed by atoms with van der Waals surface area (Å²) in [5.74, 6) is -1.71. The number of rotatable bonds is 1. The number of carboxylic acids is 1. The van der Waals surface area contributed by atoms with Gasteiger partial charge in [-0.15, -0.1) is 0 Å². The standard InChI is InChI=1S/C7H6O4.C4H12N/c8-5-1-4(7(10)11)2-6(9)3-5;1-5(2,3)4/h1-3,8-9H,(H,10,11);1-4H3/q;+1. The Balaban J connectivity index is 0.000000385. The molecular weight excluding hydrogens is 210 g/mol. The maximum atomic E-state index is 10.3. The molecule has 0 aliphatic rings. The lowest BCUT2D eigenvalue weighted by atomic mass is 10.2. The number of benzene rings is 1. The van der Waals surface area contributed by atoms with Crippen molar-refractivity contribution in [3.63, 3.8) is 0 Å². The molecule has 0 bridgehead atoms. The van der Waals surface area contributed by atoms with Crippen molar-refractivity contribution in [2.45, 2.75) is 0 Å². The fourth-order valence-corrected chi connectivity index (χ4v) is 0.719. The van der Waals surface area contributed by atoms with E-state index in [9.17, 15) is 4.79 Å². The van der Waals surface area contributed by atoms with Crippen LogP contribution in [-0.2, 0) is 0 Å². The van der Waals surface area contributed by atoms with Crippen LogP contribution in [-0.4, -0.2) is 54.0 Å². The van der Waals surface area contributed by atoms with Crippen LogP contribution in [0.1, 0.15) is 10.4 Å². The molecule has 5 heteroatoms. The van der Waals surface area contributed by atoms with Gasteiger partial charge in [-0.2, -0.15) is 0 Å². The van der Waals surface area contributed by atoms with Gasteiger partial charge in [-0.05, 0) is 12.1 Å². The van der Waals surface area contributed by atoms with Gasteiger partial charge in [0.2, 0.25) is 0 Å². The Morgan fingerprint density at radius 1 is 1.00 bits per heavy atom. The first kappa shape index (κ1) is 14.2. The van der Waals surface area contributed by atoms with Crippen molar-refractivity contribution in [1.29, 1.82) is 0 Å². The molecule has 0 unspecified atom stereocenters. The average Bonchev–Trinajstić information content (AvgIpc) is 1.98. The monoisotopic (exact) mass is 228 g/mol. The summed E-state index contributed by atoms with van der Waals surface area (Å²) >= 11 is 0. The maximum Gasteiger partial charge on any atom is 0.335 e. The number of hydrogen-bond acceptors (Lipinski definition) is 3. The lowest BCUT2D eigenvalue weighted by Gasteiger charge is -2.14. The van der Waals surface area contributed by atoms with Crippen LogP contribution < -0.4 is 0 Å². The van der Waals surface area contributed by atoms with E-state index < -0.39 is 5.97 Å². The average molecular weight is 228 g/mol. The van der Waals surface area contributed by atoms with Crippen LogP contribution in [0.15, 0.2) is 18.2 Å². The summed E-state index contributed by atoms with van der Waals surface area (Å²) in [7, 11) is 8.50. The Morgan fingerprint density at radius 2 is 1.31 bits per heavy atom. The molecule has 1 rings (SSSR count). The van der Waals surface area contributed by atoms with Gasteiger partial charge in [-0.1, -0.05) is 0 Å². The molecule has 0 amide bonds. The van der Waals surface area contributed by atoms with Gasteiger partial charge in [0.05, 0.1) is 33.8 Å². The highest BCUT2D eigenvalue weighted by molar-refractivity contribution is 5.88. The van der Waals surface area contributed by atoms with Gasteiger partial charge in [-0.25, -0.2) is 4.79 Å². The molecule has 0 aromatic heterocycles. The molecule has 0 saturated carbocycles. The van der Waals surface area contributed by atoms with E-state index in [0.29, 0.717) is 0 Å². The quantitative estimate of drug-likeness (QED) is 0.629. The molecule has 0 saturated heterocycles. The summed E-state index contributed by atoms with van der Waals surface area (Å²) in [4.78, 5) is 10.3. The molecule has 0 aliphatic heterocycles. The number of carboxylic acid groups (broad SMARTS) is 1. The van der Waals surface area contributed by atoms with E-state index in [1.165, 1.54) is 0 Å². The highest BCUT2D eigenvalue weighted by atomic mass is 16.4. The van der Waals surface area contributed by atoms with E-state index in [1.807, 2.05) is 0 Å². The lowest BCUT2D eigenvalue weighted by molar-refractivity contribution is -0.849. The normalized spacial score (nSPS) is 10.2. The number of phenolic OH excluding ortho intramolecular Hbond substituents is 2. The molecule has 3 N–H and O–H groups in total. The van der Waals surface area contributed by atoms with Gasteiger partial charge in [-0.3, -0.25) is 0 Å². The Bertz CT molecular complexity index is 342. The van der Waals surface area contributed by atoms with E-state index in [4.69, 9.17) is 15.3 Å². The predicted molar refractivity (Wildman–Crippen MR) is 60.7 cm³/mol. The van der Waals surface area contributed by atoms with Gasteiger partial charge >= 0.3 is 5.97 Å². The second kappa shape index (κ2) is 5.37. The second-order valence-electron chi connectivity index (χ2n) is 4.73. The van der Waals surface area contributed by atoms with Crippen LogP contribution in [0.4, 0.5) is 0 Å². The fraction of sp³-hybridized carbons (Fsp3) is 0.364. The van der Waals surface area contributed by atoms with Crippen LogP contribution in [0.25, 0.3) is 0 Å². The first-order chi connectivity index (χ1) is 7.09. The maximum absolute atomic E-state index is 10.3. The van der Waals surface area contributed by atoms with Gasteiger partial charge in [0.25, 0.3) is 0 Å². The van der Waals surface area contributed by atoms with Crippen LogP contribution >= 0.6 is 0 Å². The largest absolute Gasteiger partial charge is 0.508 e. The van der Waals surface area contributed by atoms with E-state index in [1.54, 1.807) is 0 Å². The van der Waals surface area contributed by atoms with Gasteiger partial charge in [0, 0.05) is 6.07 Å². The summed E-state index contributed by atoms with van der Waals surface area (Å²) in [6.07, 6.45) is 0. The number of carbonyl (C=O) groups is 1. The number of aromatic carboxylic acids is 1. The van der Waals surface area contributed by atoms with Crippen molar-refractivity contribution in [2.75, 3.05) is 28.2 Å². The fourth-order valence-electron chi connectivity index (χ4n) is 0.719. The molecule has 0 heterocycles. The summed E-state index contributed by atoms with van der Waals surface area (Å²) in [5, 5.41) is 26.1. The van der Waals surface area contributed by atoms with Crippen molar-refractivity contribution >= 4 is 5.97 Å². The third kappa shape index (κ3) is 7.64. The highest BCUT2D eigenvalue weighted by Gasteiger charge is 2.04. The second-order valence-corrected chi connectivity index (χ2v) is 4.73. The minimum absolute atomic E-state index is 0.137. The minimum atomic E-state index is -1.18. The molecule has 90 valence electrons. The molecule has 0 fully saturated rings. The Kier molecular flexibility index (Phi) is 4.78. The first-order valence-corrected chi connectivity index (χ1v) is 4.65. The molecule has 0 atom stereocenters. The van der Waals surface area contributed by atoms with E-state index >= 15 is 0 Å². The third-order valence-electron chi connectivity index (χ3n) is 1.15. The SMILES string of the molecule is C[N+](C)(C)C.O=C(O)c1cc(O)cc(O)c1. The van der Waals surface area contributed by atoms with Crippen LogP contribution in [0, 0.1) is 0 Å². The predicted octanol–water partition coefficient (Wildman–Crippen LogP) is 1.12. The number of quaternary nitrogens is 1. The molecule has 0 aliphatic carbocycles. The van der Waals surface area contributed by atoms with E-state index in [2.05, 4.69) is 28.2 Å². The van der Waals surface area contributed by atoms with Crippen molar-refractivity contribution in [2.24, 2.45) is 0 Å². The van der Waals surface area contributed by atoms with E-state index in [0.717, 1.165) is 22.7 Å². The Labute approximate surface area is 94.8 Å². The van der Waals surface area contributed by atoms with Gasteiger partial charge in [0.1, 0.15) is 11.5 Å². The molecule has 1 aromatic carbocycles. The van der Waals surface area contributed by atoms with Gasteiger partial charge < -0.3 is 19.8 Å². The number of hydrogen-bond donors (Lipinski definition) is 3. The number of nitrogens with zero attached hydrogens (tertiary/aromatic N) is 1. The smallest absolute Gasteiger partial charge is 0.335 e. The molecule has 5 nitrogen and oxygen atoms in total. The van der Waals surface area contributed by atoms with Crippen molar-refractivity contribution in [3.8, 4) is 11.5 Å². The Hall–Kier alpha value is -1.75. The highest BCUT2D eigenvalue weighted by Crippen LogP contribution is 2.19. The van der Waals surface area contributed by atoms with Crippen LogP contribution in [0.2, 0.25) is 0 Å². The zero-order valence-corrected chi connectivity index (χ0v) is 9.93. The molecular formula is C11H18NO4+. The lowest BCUT2D eigenvalue weighted by Crippen LogP contribution is -2.27. The summed E-state index contributed by atoms with van der Waals surface area (Å²) < 4.78 is 1.00. The van der Waals surface area contributed by atoms with Crippen LogP contribution in [0.5, 0.6) is 11.5 Å². The summed E-state index contributed by atoms with van der Waals surface area (Å²) in [6.45, 7) is 0. The summed E-state index contributed by atoms with van der Waals surface area (Å²) in [5.41, 5.74) is -0.137. The van der Waals surface area contributed by atoms with Crippen molar-refractivity contribution in [3.05, 3.63) is 23.8 Å². The van der Waals surface area contributed by atoms with Crippen molar-refractivity contribution in [1.82, 2.24) is 0 Å². The number of phenols is 2. The zero-order valence-electron chi connectivity index (χ0n) is 9.93. The third-order valence-corrected chi connectivity index (χ3v) is 1.15. The topological polar surface area (TPSA) is 77.8 Å². The first-order valence-electron chi connectivity index (χ1n) is 4.65. The Morgan fingerprint density at radius 3 is 1.56 bits per heavy atom. The van der Waals surface area contributed by atoms with E-state index in [-0.39, 0.29) is 17.1 Å². The van der Waals surface area contributed by atoms with Gasteiger partial charge in [0.15, 0.2) is 0 Å². The molecule has 1 aromatic rings. The van der Waals surface area contributed by atoms with Crippen LogP contribution in [0.3, 0.4) is 0 Å². The molecule has 0 radical (unpaired) electrons. The minimum Gasteiger partial charge on any atom is -0.508 e. The number of aromatic hydroxyl groups is 2. The van der Waals surface area contributed by atoms with Crippen molar-refractivity contribution < 1.29 is 24.6 Å². The molecule has 16 heavy (non-hydrogen) atoms. The molecule has 0 spiro atoms.